The van der Waals surface area contributed by atoms with Gasteiger partial charge >= 0.3 is 68.9 Å². The molecule has 0 aliphatic heterocycles. The standard InChI is InChI=1S/Cs.HNO3.H/c;2-1(3)4;/h;(H,2,3,4);. The molecule has 0 aromatic heterocycles. The number of rotatable bonds is 0. The third kappa shape index (κ3) is 35.4. The van der Waals surface area contributed by atoms with Crippen LogP contribution in [0.15, 0.2) is 0 Å². The Morgan fingerprint density at radius 3 is 1.80 bits per heavy atom. The first-order chi connectivity index (χ1) is 1.73. The first kappa shape index (κ1) is 9.54. The van der Waals surface area contributed by atoms with E-state index in [9.17, 15) is 0 Å². The zero-order chi connectivity index (χ0) is 3.58. The van der Waals surface area contributed by atoms with Gasteiger partial charge in [-0.05, 0) is 0 Å². The van der Waals surface area contributed by atoms with E-state index in [2.05, 4.69) is 0 Å². The van der Waals surface area contributed by atoms with Gasteiger partial charge < -0.3 is 5.21 Å². The molecular formula is H2CsNO3. The molecule has 0 unspecified atom stereocenters. The fraction of sp³-hybridized carbons (Fsp3) is 0. The van der Waals surface area contributed by atoms with Gasteiger partial charge in [0, 0.05) is 0 Å². The SMILES string of the molecule is O=[N+]([O-])O.[CsH]. The van der Waals surface area contributed by atoms with Crippen LogP contribution in [0.25, 0.3) is 0 Å². The van der Waals surface area contributed by atoms with Crippen LogP contribution >= 0.6 is 0 Å². The molecular weight excluding hydrogens is 195 g/mol. The second-order valence-corrected chi connectivity index (χ2v) is 0.238. The minimum atomic E-state index is -1.50. The summed E-state index contributed by atoms with van der Waals surface area (Å²) in [5, 5.41) is 13.6. The van der Waals surface area contributed by atoms with Gasteiger partial charge in [0.25, 0.3) is 5.09 Å². The van der Waals surface area contributed by atoms with Gasteiger partial charge in [-0.1, -0.05) is 0 Å². The van der Waals surface area contributed by atoms with Gasteiger partial charge in [0.15, 0.2) is 0 Å². The Hall–Kier alpha value is 1.25. The maximum atomic E-state index is 8.36. The fourth-order valence-electron chi connectivity index (χ4n) is 0. The van der Waals surface area contributed by atoms with Gasteiger partial charge in [0.05, 0.1) is 0 Å². The summed E-state index contributed by atoms with van der Waals surface area (Å²) in [6.45, 7) is 0. The van der Waals surface area contributed by atoms with Crippen molar-refractivity contribution in [3.05, 3.63) is 10.1 Å². The molecule has 0 aliphatic carbocycles. The summed E-state index contributed by atoms with van der Waals surface area (Å²) in [6.07, 6.45) is 0. The van der Waals surface area contributed by atoms with Gasteiger partial charge in [0.2, 0.25) is 0 Å². The number of hydrogen-bond donors (Lipinski definition) is 1. The molecule has 0 heterocycles. The Balaban J connectivity index is 0. The zero-order valence-corrected chi connectivity index (χ0v) is 1.71. The first-order valence-electron chi connectivity index (χ1n) is 0.565. The van der Waals surface area contributed by atoms with E-state index in [0.29, 0.717) is 0 Å². The minimum absolute atomic E-state index is 0. The second kappa shape index (κ2) is 5.25. The molecule has 5 heteroatoms. The summed E-state index contributed by atoms with van der Waals surface area (Å²) in [5.41, 5.74) is 0. The van der Waals surface area contributed by atoms with Crippen LogP contribution in [-0.2, 0) is 0 Å². The average molecular weight is 197 g/mol. The van der Waals surface area contributed by atoms with Crippen molar-refractivity contribution in [1.29, 1.82) is 0 Å². The van der Waals surface area contributed by atoms with Crippen LogP contribution in [0.3, 0.4) is 0 Å². The summed E-state index contributed by atoms with van der Waals surface area (Å²) >= 11 is 0. The summed E-state index contributed by atoms with van der Waals surface area (Å²) in [6, 6.07) is 0. The Labute approximate surface area is 87.1 Å². The van der Waals surface area contributed by atoms with Crippen LogP contribution in [0, 0.1) is 10.1 Å². The third-order valence-corrected chi connectivity index (χ3v) is 0. The van der Waals surface area contributed by atoms with Crippen LogP contribution in [0.1, 0.15) is 0 Å². The van der Waals surface area contributed by atoms with E-state index in [1.807, 2.05) is 0 Å². The Morgan fingerprint density at radius 2 is 1.80 bits per heavy atom. The van der Waals surface area contributed by atoms with Gasteiger partial charge in [-0.2, -0.15) is 0 Å². The van der Waals surface area contributed by atoms with Crippen LogP contribution in [0.2, 0.25) is 0 Å². The average Bonchev–Trinajstić information content (AvgIpc) is 0.811. The van der Waals surface area contributed by atoms with Crippen molar-refractivity contribution in [2.24, 2.45) is 0 Å². The molecule has 4 nitrogen and oxygen atoms in total. The van der Waals surface area contributed by atoms with E-state index < -0.39 is 5.09 Å². The fourth-order valence-corrected chi connectivity index (χ4v) is 0. The maximum absolute atomic E-state index is 8.36. The molecule has 0 fully saturated rings. The van der Waals surface area contributed by atoms with Crippen molar-refractivity contribution >= 4 is 68.9 Å². The van der Waals surface area contributed by atoms with Gasteiger partial charge in [-0.25, -0.2) is 0 Å². The predicted octanol–water partition coefficient (Wildman–Crippen LogP) is -0.996. The van der Waals surface area contributed by atoms with Gasteiger partial charge in [0.1, 0.15) is 0 Å². The van der Waals surface area contributed by atoms with Crippen LogP contribution in [0.5, 0.6) is 0 Å². The molecule has 0 spiro atoms. The molecule has 0 saturated heterocycles. The van der Waals surface area contributed by atoms with E-state index in [-0.39, 0.29) is 68.9 Å². The van der Waals surface area contributed by atoms with Crippen LogP contribution < -0.4 is 0 Å². The van der Waals surface area contributed by atoms with E-state index >= 15 is 0 Å². The van der Waals surface area contributed by atoms with Crippen LogP contribution in [0.4, 0.5) is 0 Å². The monoisotopic (exact) mass is 197 g/mol. The van der Waals surface area contributed by atoms with E-state index in [1.165, 1.54) is 0 Å². The van der Waals surface area contributed by atoms with Crippen molar-refractivity contribution in [3.63, 3.8) is 0 Å². The molecule has 0 atom stereocenters. The van der Waals surface area contributed by atoms with Crippen molar-refractivity contribution in [2.75, 3.05) is 0 Å². The summed E-state index contributed by atoms with van der Waals surface area (Å²) in [4.78, 5) is 8.36. The van der Waals surface area contributed by atoms with E-state index in [0.717, 1.165) is 0 Å². The van der Waals surface area contributed by atoms with Crippen molar-refractivity contribution in [2.45, 2.75) is 0 Å². The molecule has 0 aromatic rings. The molecule has 26 valence electrons. The molecule has 0 aromatic carbocycles. The zero-order valence-electron chi connectivity index (χ0n) is 1.71. The molecule has 1 N–H and O–H groups in total. The van der Waals surface area contributed by atoms with Gasteiger partial charge in [-0.3, -0.25) is 0 Å². The molecule has 5 heavy (non-hydrogen) atoms. The Bertz CT molecular complexity index is 29.9. The predicted molar refractivity (Wildman–Crippen MR) is 15.9 cm³/mol. The summed E-state index contributed by atoms with van der Waals surface area (Å²) < 4.78 is 0. The molecule has 0 bridgehead atoms. The third-order valence-electron chi connectivity index (χ3n) is 0. The van der Waals surface area contributed by atoms with E-state index in [4.69, 9.17) is 15.3 Å². The van der Waals surface area contributed by atoms with Gasteiger partial charge in [-0.15, -0.1) is 10.1 Å². The molecule has 0 saturated carbocycles. The van der Waals surface area contributed by atoms with Crippen molar-refractivity contribution in [3.8, 4) is 0 Å². The van der Waals surface area contributed by atoms with Crippen molar-refractivity contribution < 1.29 is 10.3 Å². The first-order valence-corrected chi connectivity index (χ1v) is 0.565. The second-order valence-electron chi connectivity index (χ2n) is 0.238. The summed E-state index contributed by atoms with van der Waals surface area (Å²) in [5.74, 6) is 0. The summed E-state index contributed by atoms with van der Waals surface area (Å²) in [7, 11) is 0. The molecule has 0 rings (SSSR count). The number of nitrogens with zero attached hydrogens (tertiary/aromatic N) is 1. The molecule has 0 amide bonds. The van der Waals surface area contributed by atoms with E-state index in [1.54, 1.807) is 0 Å². The number of hydrogen-bond acceptors (Lipinski definition) is 2. The quantitative estimate of drug-likeness (QED) is 0.400. The molecule has 0 radical (unpaired) electrons. The Morgan fingerprint density at radius 1 is 1.80 bits per heavy atom. The van der Waals surface area contributed by atoms with Crippen LogP contribution in [-0.4, -0.2) is 79.2 Å². The topological polar surface area (TPSA) is 63.4 Å². The molecule has 0 aliphatic rings. The van der Waals surface area contributed by atoms with Crippen molar-refractivity contribution in [1.82, 2.24) is 0 Å². The normalized spacial score (nSPS) is 4.80. The Kier molecular flexibility index (Phi) is 10.0.